The summed E-state index contributed by atoms with van der Waals surface area (Å²) in [6.07, 6.45) is 1.81. The van der Waals surface area contributed by atoms with Gasteiger partial charge in [0.15, 0.2) is 5.16 Å². The van der Waals surface area contributed by atoms with Gasteiger partial charge in [0.05, 0.1) is 29.5 Å². The van der Waals surface area contributed by atoms with E-state index in [1.54, 1.807) is 28.8 Å². The van der Waals surface area contributed by atoms with E-state index in [2.05, 4.69) is 22.4 Å². The summed E-state index contributed by atoms with van der Waals surface area (Å²) in [5.74, 6) is 0.850. The van der Waals surface area contributed by atoms with E-state index in [1.807, 2.05) is 22.6 Å². The molecule has 8 nitrogen and oxygen atoms in total. The largest absolute Gasteiger partial charge is 0.495 e. The Kier molecular flexibility index (Phi) is 6.66. The second kappa shape index (κ2) is 9.62. The number of aromatic nitrogens is 4. The lowest BCUT2D eigenvalue weighted by molar-refractivity contribution is -0.113. The van der Waals surface area contributed by atoms with Crippen molar-refractivity contribution in [1.82, 2.24) is 19.2 Å². The molecule has 2 heterocycles. The molecule has 4 aromatic rings. The first kappa shape index (κ1) is 22.2. The van der Waals surface area contributed by atoms with Crippen LogP contribution in [0.25, 0.3) is 16.7 Å². The summed E-state index contributed by atoms with van der Waals surface area (Å²) in [4.78, 5) is 25.6. The van der Waals surface area contributed by atoms with Crippen molar-refractivity contribution in [2.24, 2.45) is 0 Å². The zero-order chi connectivity index (χ0) is 22.7. The molecular formula is C22H22ClN5O3S. The summed E-state index contributed by atoms with van der Waals surface area (Å²) in [7, 11) is 1.53. The molecular weight excluding hydrogens is 450 g/mol. The number of aryl methyl sites for hydroxylation is 1. The van der Waals surface area contributed by atoms with Gasteiger partial charge in [-0.15, -0.1) is 10.2 Å². The summed E-state index contributed by atoms with van der Waals surface area (Å²) in [5, 5.41) is 13.0. The number of carbonyl (C=O) groups is 1. The van der Waals surface area contributed by atoms with E-state index in [-0.39, 0.29) is 17.2 Å². The van der Waals surface area contributed by atoms with Gasteiger partial charge in [0.1, 0.15) is 5.75 Å². The Morgan fingerprint density at radius 2 is 2.03 bits per heavy atom. The zero-order valence-electron chi connectivity index (χ0n) is 17.7. The van der Waals surface area contributed by atoms with E-state index >= 15 is 0 Å². The van der Waals surface area contributed by atoms with Gasteiger partial charge in [-0.1, -0.05) is 48.8 Å². The number of fused-ring (bicyclic) bond motifs is 3. The van der Waals surface area contributed by atoms with Crippen molar-refractivity contribution in [3.05, 3.63) is 57.8 Å². The number of methoxy groups -OCH3 is 1. The fourth-order valence-corrected chi connectivity index (χ4v) is 4.35. The molecule has 2 aromatic heterocycles. The molecule has 4 rings (SSSR count). The van der Waals surface area contributed by atoms with Crippen molar-refractivity contribution >= 4 is 51.6 Å². The number of nitrogens with one attached hydrogen (secondary N) is 1. The maximum Gasteiger partial charge on any atom is 0.262 e. The van der Waals surface area contributed by atoms with Crippen LogP contribution in [0.5, 0.6) is 5.75 Å². The number of ether oxygens (including phenoxy) is 1. The van der Waals surface area contributed by atoms with Crippen LogP contribution >= 0.6 is 23.4 Å². The van der Waals surface area contributed by atoms with Gasteiger partial charge < -0.3 is 10.1 Å². The number of hydrogen-bond acceptors (Lipinski definition) is 6. The summed E-state index contributed by atoms with van der Waals surface area (Å²) < 4.78 is 8.77. The molecule has 0 radical (unpaired) electrons. The third-order valence-corrected chi connectivity index (χ3v) is 6.15. The van der Waals surface area contributed by atoms with Gasteiger partial charge in [0.2, 0.25) is 11.7 Å². The molecule has 0 bridgehead atoms. The number of rotatable bonds is 8. The monoisotopic (exact) mass is 471 g/mol. The first-order valence-corrected chi connectivity index (χ1v) is 11.5. The number of hydrogen-bond donors (Lipinski definition) is 1. The van der Waals surface area contributed by atoms with Crippen LogP contribution in [0.2, 0.25) is 5.02 Å². The molecule has 166 valence electrons. The van der Waals surface area contributed by atoms with Gasteiger partial charge in [0, 0.05) is 11.6 Å². The fraction of sp³-hybridized carbons (Fsp3) is 0.273. The van der Waals surface area contributed by atoms with Crippen LogP contribution < -0.4 is 15.6 Å². The number of para-hydroxylation sites is 1. The minimum Gasteiger partial charge on any atom is -0.495 e. The highest BCUT2D eigenvalue weighted by Crippen LogP contribution is 2.28. The first-order chi connectivity index (χ1) is 15.5. The van der Waals surface area contributed by atoms with Crippen LogP contribution in [0.4, 0.5) is 5.69 Å². The van der Waals surface area contributed by atoms with Crippen molar-refractivity contribution in [2.75, 3.05) is 18.2 Å². The van der Waals surface area contributed by atoms with Crippen molar-refractivity contribution in [2.45, 2.75) is 31.5 Å². The highest BCUT2D eigenvalue weighted by molar-refractivity contribution is 7.99. The summed E-state index contributed by atoms with van der Waals surface area (Å²) in [6.45, 7) is 2.63. The Hall–Kier alpha value is -3.04. The van der Waals surface area contributed by atoms with Gasteiger partial charge in [-0.3, -0.25) is 18.6 Å². The maximum atomic E-state index is 13.0. The molecule has 32 heavy (non-hydrogen) atoms. The number of thioether (sulfide) groups is 1. The fourth-order valence-electron chi connectivity index (χ4n) is 3.44. The first-order valence-electron chi connectivity index (χ1n) is 10.2. The third kappa shape index (κ3) is 4.31. The third-order valence-electron chi connectivity index (χ3n) is 4.98. The molecule has 0 atom stereocenters. The predicted octanol–water partition coefficient (Wildman–Crippen LogP) is 4.24. The van der Waals surface area contributed by atoms with Crippen LogP contribution in [-0.2, 0) is 11.3 Å². The van der Waals surface area contributed by atoms with Crippen LogP contribution in [0.1, 0.15) is 19.8 Å². The van der Waals surface area contributed by atoms with E-state index < -0.39 is 0 Å². The Morgan fingerprint density at radius 1 is 1.22 bits per heavy atom. The van der Waals surface area contributed by atoms with E-state index in [0.29, 0.717) is 44.8 Å². The number of carbonyl (C=O) groups excluding carboxylic acids is 1. The molecule has 0 saturated heterocycles. The minimum atomic E-state index is -0.240. The molecule has 1 amide bonds. The quantitative estimate of drug-likeness (QED) is 0.386. The molecule has 0 fully saturated rings. The standard InChI is InChI=1S/C22H22ClN5O3S/c1-3-4-11-27-20(30)15-7-5-6-8-17(15)28-21(27)25-26-22(28)32-13-19(29)24-16-12-14(23)9-10-18(16)31-2/h5-10,12H,3-4,11,13H2,1-2H3,(H,24,29). The van der Waals surface area contributed by atoms with Crippen LogP contribution in [0, 0.1) is 0 Å². The van der Waals surface area contributed by atoms with Gasteiger partial charge in [-0.25, -0.2) is 0 Å². The van der Waals surface area contributed by atoms with E-state index in [9.17, 15) is 9.59 Å². The lowest BCUT2D eigenvalue weighted by Crippen LogP contribution is -2.23. The maximum absolute atomic E-state index is 13.0. The van der Waals surface area contributed by atoms with Crippen molar-refractivity contribution < 1.29 is 9.53 Å². The number of nitrogens with zero attached hydrogens (tertiary/aromatic N) is 4. The number of benzene rings is 2. The molecule has 0 aliphatic rings. The van der Waals surface area contributed by atoms with Gasteiger partial charge in [-0.2, -0.15) is 0 Å². The van der Waals surface area contributed by atoms with Crippen LogP contribution in [0.3, 0.4) is 0 Å². The molecule has 0 unspecified atom stereocenters. The Labute approximate surface area is 193 Å². The van der Waals surface area contributed by atoms with Gasteiger partial charge in [0.25, 0.3) is 5.56 Å². The topological polar surface area (TPSA) is 90.5 Å². The second-order valence-corrected chi connectivity index (χ2v) is 8.51. The minimum absolute atomic E-state index is 0.0868. The average Bonchev–Trinajstić information content (AvgIpc) is 3.22. The highest BCUT2D eigenvalue weighted by Gasteiger charge is 2.18. The summed E-state index contributed by atoms with van der Waals surface area (Å²) in [6, 6.07) is 12.4. The van der Waals surface area contributed by atoms with Gasteiger partial charge >= 0.3 is 0 Å². The van der Waals surface area contributed by atoms with E-state index in [4.69, 9.17) is 16.3 Å². The molecule has 10 heteroatoms. The average molecular weight is 472 g/mol. The van der Waals surface area contributed by atoms with Crippen LogP contribution in [-0.4, -0.2) is 37.9 Å². The van der Waals surface area contributed by atoms with Crippen molar-refractivity contribution in [3.63, 3.8) is 0 Å². The van der Waals surface area contributed by atoms with Crippen LogP contribution in [0.15, 0.2) is 52.4 Å². The summed E-state index contributed by atoms with van der Waals surface area (Å²) in [5.41, 5.74) is 1.12. The Balaban J connectivity index is 1.64. The smallest absolute Gasteiger partial charge is 0.262 e. The SMILES string of the molecule is CCCCn1c(=O)c2ccccc2n2c(SCC(=O)Nc3cc(Cl)ccc3OC)nnc12. The van der Waals surface area contributed by atoms with Gasteiger partial charge in [-0.05, 0) is 36.8 Å². The lowest BCUT2D eigenvalue weighted by Gasteiger charge is -2.11. The van der Waals surface area contributed by atoms with E-state index in [1.165, 1.54) is 18.9 Å². The molecule has 2 aromatic carbocycles. The second-order valence-electron chi connectivity index (χ2n) is 7.13. The molecule has 1 N–H and O–H groups in total. The normalized spacial score (nSPS) is 11.2. The molecule has 0 spiro atoms. The number of halogens is 1. The Morgan fingerprint density at radius 3 is 2.81 bits per heavy atom. The molecule has 0 saturated carbocycles. The summed E-state index contributed by atoms with van der Waals surface area (Å²) >= 11 is 7.28. The number of anilines is 1. The highest BCUT2D eigenvalue weighted by atomic mass is 35.5. The molecule has 0 aliphatic heterocycles. The lowest BCUT2D eigenvalue weighted by atomic mass is 10.2. The van der Waals surface area contributed by atoms with Crippen molar-refractivity contribution in [3.8, 4) is 5.75 Å². The predicted molar refractivity (Wildman–Crippen MR) is 127 cm³/mol. The number of amides is 1. The van der Waals surface area contributed by atoms with E-state index in [0.717, 1.165) is 12.8 Å². The zero-order valence-corrected chi connectivity index (χ0v) is 19.2. The number of unbranched alkanes of at least 4 members (excludes halogenated alkanes) is 1. The van der Waals surface area contributed by atoms with Crippen molar-refractivity contribution in [1.29, 1.82) is 0 Å². The molecule has 0 aliphatic carbocycles. The Bertz CT molecular complexity index is 1350.